The van der Waals surface area contributed by atoms with Crippen LogP contribution in [0.4, 0.5) is 0 Å². The Labute approximate surface area is 128 Å². The third-order valence-electron chi connectivity index (χ3n) is 3.26. The summed E-state index contributed by atoms with van der Waals surface area (Å²) in [6.45, 7) is 6.87. The third-order valence-corrected chi connectivity index (χ3v) is 3.26. The van der Waals surface area contributed by atoms with E-state index in [9.17, 15) is 0 Å². The summed E-state index contributed by atoms with van der Waals surface area (Å²) < 4.78 is 5.71. The van der Waals surface area contributed by atoms with Gasteiger partial charge in [-0.15, -0.1) is 0 Å². The molecule has 0 saturated carbocycles. The van der Waals surface area contributed by atoms with E-state index in [4.69, 9.17) is 14.8 Å². The van der Waals surface area contributed by atoms with Crippen molar-refractivity contribution in [3.8, 4) is 5.75 Å². The molecule has 0 bridgehead atoms. The zero-order valence-electron chi connectivity index (χ0n) is 13.3. The van der Waals surface area contributed by atoms with Gasteiger partial charge in [-0.25, -0.2) is 0 Å². The lowest BCUT2D eigenvalue weighted by molar-refractivity contribution is 0.194. The molecular weight excluding hydrogens is 267 g/mol. The van der Waals surface area contributed by atoms with Crippen LogP contribution in [0.1, 0.15) is 13.3 Å². The standard InChI is InChI=1S/C15H27BN2O3/c1-4-9-18(11-10-17(2)3)12-13-21-15-7-5-14(6-8-15)16(19)20/h5-8,19-20H,4,9-13H2,1-3H3. The highest BCUT2D eigenvalue weighted by Gasteiger charge is 2.10. The summed E-state index contributed by atoms with van der Waals surface area (Å²) in [5.41, 5.74) is 0.473. The van der Waals surface area contributed by atoms with Gasteiger partial charge >= 0.3 is 7.12 Å². The molecule has 2 N–H and O–H groups in total. The van der Waals surface area contributed by atoms with E-state index in [-0.39, 0.29) is 0 Å². The molecule has 0 aliphatic carbocycles. The van der Waals surface area contributed by atoms with Crippen LogP contribution in [0.3, 0.4) is 0 Å². The number of hydrogen-bond donors (Lipinski definition) is 2. The molecule has 0 fully saturated rings. The van der Waals surface area contributed by atoms with Crippen molar-refractivity contribution >= 4 is 12.6 Å². The molecule has 21 heavy (non-hydrogen) atoms. The molecule has 1 rings (SSSR count). The van der Waals surface area contributed by atoms with Crippen LogP contribution in [0, 0.1) is 0 Å². The van der Waals surface area contributed by atoms with Crippen LogP contribution in [-0.2, 0) is 0 Å². The molecule has 0 atom stereocenters. The zero-order chi connectivity index (χ0) is 15.7. The Kier molecular flexibility index (Phi) is 8.38. The van der Waals surface area contributed by atoms with Crippen molar-refractivity contribution in [3.05, 3.63) is 24.3 Å². The molecule has 1 aromatic rings. The van der Waals surface area contributed by atoms with E-state index in [0.717, 1.165) is 38.3 Å². The molecule has 0 amide bonds. The molecule has 6 heteroatoms. The minimum absolute atomic E-state index is 0.473. The SMILES string of the molecule is CCCN(CCOc1ccc(B(O)O)cc1)CCN(C)C. The van der Waals surface area contributed by atoms with Crippen LogP contribution >= 0.6 is 0 Å². The average Bonchev–Trinajstić information content (AvgIpc) is 2.45. The molecule has 0 aliphatic rings. The van der Waals surface area contributed by atoms with Gasteiger partial charge < -0.3 is 19.7 Å². The van der Waals surface area contributed by atoms with Gasteiger partial charge in [0.2, 0.25) is 0 Å². The largest absolute Gasteiger partial charge is 0.492 e. The smallest absolute Gasteiger partial charge is 0.488 e. The predicted molar refractivity (Wildman–Crippen MR) is 87.0 cm³/mol. The van der Waals surface area contributed by atoms with Gasteiger partial charge in [-0.3, -0.25) is 4.90 Å². The highest BCUT2D eigenvalue weighted by atomic mass is 16.5. The van der Waals surface area contributed by atoms with E-state index in [1.54, 1.807) is 24.3 Å². The third kappa shape index (κ3) is 7.48. The fourth-order valence-corrected chi connectivity index (χ4v) is 2.02. The van der Waals surface area contributed by atoms with Gasteiger partial charge in [0.05, 0.1) is 0 Å². The summed E-state index contributed by atoms with van der Waals surface area (Å²) in [5.74, 6) is 0.753. The van der Waals surface area contributed by atoms with Crippen LogP contribution in [-0.4, -0.2) is 73.8 Å². The molecule has 5 nitrogen and oxygen atoms in total. The maximum Gasteiger partial charge on any atom is 0.488 e. The Balaban J connectivity index is 2.35. The Morgan fingerprint density at radius 1 is 1.00 bits per heavy atom. The molecule has 1 aromatic carbocycles. The molecule has 0 heterocycles. The van der Waals surface area contributed by atoms with Gasteiger partial charge in [0, 0.05) is 19.6 Å². The van der Waals surface area contributed by atoms with Crippen LogP contribution in [0.5, 0.6) is 5.75 Å². The van der Waals surface area contributed by atoms with Crippen LogP contribution < -0.4 is 10.2 Å². The van der Waals surface area contributed by atoms with Gasteiger partial charge in [-0.2, -0.15) is 0 Å². The molecule has 0 unspecified atom stereocenters. The second-order valence-corrected chi connectivity index (χ2v) is 5.44. The normalized spacial score (nSPS) is 11.2. The minimum atomic E-state index is -1.43. The van der Waals surface area contributed by atoms with Crippen molar-refractivity contribution in [1.82, 2.24) is 9.80 Å². The maximum atomic E-state index is 9.03. The Morgan fingerprint density at radius 3 is 2.19 bits per heavy atom. The van der Waals surface area contributed by atoms with E-state index < -0.39 is 7.12 Å². The lowest BCUT2D eigenvalue weighted by atomic mass is 9.80. The number of nitrogens with zero attached hydrogens (tertiary/aromatic N) is 2. The van der Waals surface area contributed by atoms with E-state index in [1.165, 1.54) is 0 Å². The van der Waals surface area contributed by atoms with Crippen LogP contribution in [0.2, 0.25) is 0 Å². The van der Waals surface area contributed by atoms with Gasteiger partial charge in [-0.05, 0) is 44.7 Å². The topological polar surface area (TPSA) is 56.2 Å². The molecule has 118 valence electrons. The highest BCUT2D eigenvalue weighted by molar-refractivity contribution is 6.58. The molecule has 0 saturated heterocycles. The zero-order valence-corrected chi connectivity index (χ0v) is 13.3. The quantitative estimate of drug-likeness (QED) is 0.596. The number of hydrogen-bond acceptors (Lipinski definition) is 5. The Morgan fingerprint density at radius 2 is 1.67 bits per heavy atom. The highest BCUT2D eigenvalue weighted by Crippen LogP contribution is 2.07. The monoisotopic (exact) mass is 294 g/mol. The van der Waals surface area contributed by atoms with Gasteiger partial charge in [0.25, 0.3) is 0 Å². The molecule has 0 aliphatic heterocycles. The van der Waals surface area contributed by atoms with Crippen molar-refractivity contribution in [1.29, 1.82) is 0 Å². The van der Waals surface area contributed by atoms with Gasteiger partial charge in [-0.1, -0.05) is 19.1 Å². The van der Waals surface area contributed by atoms with E-state index >= 15 is 0 Å². The summed E-state index contributed by atoms with van der Waals surface area (Å²) in [5, 5.41) is 18.1. The summed E-state index contributed by atoms with van der Waals surface area (Å²) >= 11 is 0. The van der Waals surface area contributed by atoms with Crippen molar-refractivity contribution < 1.29 is 14.8 Å². The van der Waals surface area contributed by atoms with Crippen molar-refractivity contribution in [2.24, 2.45) is 0 Å². The van der Waals surface area contributed by atoms with E-state index in [1.807, 2.05) is 0 Å². The van der Waals surface area contributed by atoms with Crippen molar-refractivity contribution in [3.63, 3.8) is 0 Å². The average molecular weight is 294 g/mol. The summed E-state index contributed by atoms with van der Waals surface area (Å²) in [6, 6.07) is 6.85. The number of rotatable bonds is 10. The first-order valence-corrected chi connectivity index (χ1v) is 7.49. The van der Waals surface area contributed by atoms with Crippen molar-refractivity contribution in [2.45, 2.75) is 13.3 Å². The Bertz CT molecular complexity index is 385. The molecular formula is C15H27BN2O3. The second kappa shape index (κ2) is 9.79. The maximum absolute atomic E-state index is 9.03. The van der Waals surface area contributed by atoms with Gasteiger partial charge in [0.1, 0.15) is 12.4 Å². The first kappa shape index (κ1) is 18.0. The number of benzene rings is 1. The first-order valence-electron chi connectivity index (χ1n) is 7.49. The molecule has 0 radical (unpaired) electrons. The molecule has 0 aromatic heterocycles. The fourth-order valence-electron chi connectivity index (χ4n) is 2.02. The van der Waals surface area contributed by atoms with E-state index in [2.05, 4.69) is 30.8 Å². The second-order valence-electron chi connectivity index (χ2n) is 5.44. The van der Waals surface area contributed by atoms with Crippen molar-refractivity contribution in [2.75, 3.05) is 46.9 Å². The lowest BCUT2D eigenvalue weighted by Gasteiger charge is -2.23. The summed E-state index contributed by atoms with van der Waals surface area (Å²) in [6.07, 6.45) is 1.14. The van der Waals surface area contributed by atoms with Gasteiger partial charge in [0.15, 0.2) is 0 Å². The predicted octanol–water partition coefficient (Wildman–Crippen LogP) is 0.0188. The number of ether oxygens (including phenoxy) is 1. The minimum Gasteiger partial charge on any atom is -0.492 e. The fraction of sp³-hybridized carbons (Fsp3) is 0.600. The van der Waals surface area contributed by atoms with Crippen LogP contribution in [0.15, 0.2) is 24.3 Å². The summed E-state index contributed by atoms with van der Waals surface area (Å²) in [4.78, 5) is 4.58. The summed E-state index contributed by atoms with van der Waals surface area (Å²) in [7, 11) is 2.74. The Hall–Kier alpha value is -1.08. The number of likely N-dealkylation sites (N-methyl/N-ethyl adjacent to an activating group) is 1. The van der Waals surface area contributed by atoms with Crippen LogP contribution in [0.25, 0.3) is 0 Å². The lowest BCUT2D eigenvalue weighted by Crippen LogP contribution is -2.35. The first-order chi connectivity index (χ1) is 10.0. The molecule has 0 spiro atoms. The van der Waals surface area contributed by atoms with E-state index in [0.29, 0.717) is 12.1 Å².